The van der Waals surface area contributed by atoms with Crippen molar-refractivity contribution in [3.05, 3.63) is 65.2 Å². The first-order chi connectivity index (χ1) is 20.0. The summed E-state index contributed by atoms with van der Waals surface area (Å²) in [6.45, 7) is 4.80. The van der Waals surface area contributed by atoms with Crippen LogP contribution in [0, 0.1) is 29.4 Å². The van der Waals surface area contributed by atoms with Gasteiger partial charge in [-0.15, -0.1) is 0 Å². The Bertz CT molecular complexity index is 1220. The number of benzene rings is 2. The number of rotatable bonds is 9. The summed E-state index contributed by atoms with van der Waals surface area (Å²) in [5.74, 6) is -0.538. The zero-order valence-corrected chi connectivity index (χ0v) is 23.9. The standard InChI is InChI=1S/C34H43F2N3O2/c35-30-17-28-26(19-37-32(28)18-31(30)36)12-11-23-13-15-38(16-14-23)20-27-21-39(22-29(27)24-7-3-1-4-8-24)33(34(40)41)25-9-5-2-6-10-25/h1,3-4,7-8,17-19,23,25-27,29,33H,2,5-6,9-16,20-22H2,(H,40,41)/t26?,27-,29+,33+/m0/s1. The molecule has 41 heavy (non-hydrogen) atoms. The van der Waals surface area contributed by atoms with E-state index < -0.39 is 17.6 Å². The number of carbonyl (C=O) groups is 1. The average molecular weight is 564 g/mol. The molecule has 7 heteroatoms. The highest BCUT2D eigenvalue weighted by Crippen LogP contribution is 2.40. The Kier molecular flexibility index (Phi) is 8.82. The Balaban J connectivity index is 1.05. The molecule has 2 aromatic carbocycles. The minimum atomic E-state index is -0.832. The molecule has 0 aromatic heterocycles. The van der Waals surface area contributed by atoms with Gasteiger partial charge in [0.1, 0.15) is 6.04 Å². The first-order valence-corrected chi connectivity index (χ1v) is 15.7. The summed E-state index contributed by atoms with van der Waals surface area (Å²) in [5, 5.41) is 10.3. The molecule has 3 heterocycles. The fourth-order valence-electron chi connectivity index (χ4n) is 8.15. The van der Waals surface area contributed by atoms with E-state index in [2.05, 4.69) is 45.1 Å². The van der Waals surface area contributed by atoms with Gasteiger partial charge in [-0.05, 0) is 86.6 Å². The van der Waals surface area contributed by atoms with Crippen LogP contribution in [0.15, 0.2) is 47.5 Å². The van der Waals surface area contributed by atoms with Crippen molar-refractivity contribution < 1.29 is 18.7 Å². The Morgan fingerprint density at radius 1 is 0.951 bits per heavy atom. The predicted molar refractivity (Wildman–Crippen MR) is 158 cm³/mol. The Morgan fingerprint density at radius 2 is 1.68 bits per heavy atom. The molecule has 220 valence electrons. The minimum Gasteiger partial charge on any atom is -0.480 e. The number of carboxylic acids is 1. The van der Waals surface area contributed by atoms with Crippen LogP contribution in [-0.4, -0.2) is 65.9 Å². The molecule has 1 N–H and O–H groups in total. The van der Waals surface area contributed by atoms with Crippen molar-refractivity contribution in [1.82, 2.24) is 9.80 Å². The van der Waals surface area contributed by atoms with Crippen molar-refractivity contribution >= 4 is 17.9 Å². The summed E-state index contributed by atoms with van der Waals surface area (Å²) in [7, 11) is 0. The highest BCUT2D eigenvalue weighted by molar-refractivity contribution is 5.80. The number of fused-ring (bicyclic) bond motifs is 1. The van der Waals surface area contributed by atoms with Crippen LogP contribution in [0.1, 0.15) is 80.8 Å². The molecule has 4 atom stereocenters. The number of aliphatic carboxylic acids is 1. The van der Waals surface area contributed by atoms with E-state index in [9.17, 15) is 18.7 Å². The molecular formula is C34H43F2N3O2. The third kappa shape index (κ3) is 6.41. The van der Waals surface area contributed by atoms with Gasteiger partial charge < -0.3 is 10.0 Å². The summed E-state index contributed by atoms with van der Waals surface area (Å²) in [6, 6.07) is 12.9. The van der Waals surface area contributed by atoms with E-state index in [0.717, 1.165) is 89.7 Å². The molecule has 1 unspecified atom stereocenters. The van der Waals surface area contributed by atoms with Crippen LogP contribution >= 0.6 is 0 Å². The topological polar surface area (TPSA) is 56.1 Å². The first-order valence-electron chi connectivity index (χ1n) is 15.7. The number of carboxylic acid groups (broad SMARTS) is 1. The van der Waals surface area contributed by atoms with Crippen LogP contribution in [0.2, 0.25) is 0 Å². The molecule has 2 saturated heterocycles. The lowest BCUT2D eigenvalue weighted by Crippen LogP contribution is -2.46. The Labute approximate surface area is 242 Å². The lowest BCUT2D eigenvalue weighted by molar-refractivity contribution is -0.145. The monoisotopic (exact) mass is 563 g/mol. The summed E-state index contributed by atoms with van der Waals surface area (Å²) in [4.78, 5) is 21.8. The van der Waals surface area contributed by atoms with Gasteiger partial charge in [0.25, 0.3) is 0 Å². The van der Waals surface area contributed by atoms with Crippen molar-refractivity contribution in [2.45, 2.75) is 75.7 Å². The van der Waals surface area contributed by atoms with Gasteiger partial charge in [0, 0.05) is 43.8 Å². The van der Waals surface area contributed by atoms with E-state index in [1.807, 2.05) is 6.21 Å². The van der Waals surface area contributed by atoms with Gasteiger partial charge in [0.15, 0.2) is 11.6 Å². The third-order valence-corrected chi connectivity index (χ3v) is 10.4. The second-order valence-corrected chi connectivity index (χ2v) is 12.9. The molecule has 1 saturated carbocycles. The minimum absolute atomic E-state index is 0.0700. The molecular weight excluding hydrogens is 520 g/mol. The SMILES string of the molecule is O=C(O)[C@@H](C1CCCCC1)N1C[C@H](CN2CCC(CCC3C=Nc4cc(F)c(F)cc43)CC2)[C@@H](c2ccccc2)C1. The number of halogens is 2. The molecule has 6 rings (SSSR count). The van der Waals surface area contributed by atoms with E-state index in [0.29, 0.717) is 23.4 Å². The van der Waals surface area contributed by atoms with E-state index in [4.69, 9.17) is 0 Å². The predicted octanol–water partition coefficient (Wildman–Crippen LogP) is 7.01. The van der Waals surface area contributed by atoms with Crippen molar-refractivity contribution in [2.24, 2.45) is 22.7 Å². The molecule has 0 radical (unpaired) electrons. The number of hydrogen-bond acceptors (Lipinski definition) is 4. The lowest BCUT2D eigenvalue weighted by atomic mass is 9.83. The Hall–Kier alpha value is -2.64. The summed E-state index contributed by atoms with van der Waals surface area (Å²) in [5.41, 5.74) is 2.71. The molecule has 0 bridgehead atoms. The van der Waals surface area contributed by atoms with Crippen molar-refractivity contribution in [3.63, 3.8) is 0 Å². The first kappa shape index (κ1) is 28.5. The van der Waals surface area contributed by atoms with Gasteiger partial charge in [-0.3, -0.25) is 14.7 Å². The molecule has 4 aliphatic rings. The lowest BCUT2D eigenvalue weighted by Gasteiger charge is -2.35. The molecule has 0 amide bonds. The Morgan fingerprint density at radius 3 is 2.41 bits per heavy atom. The molecule has 3 aliphatic heterocycles. The molecule has 2 aromatic rings. The van der Waals surface area contributed by atoms with Crippen LogP contribution in [0.25, 0.3) is 0 Å². The molecule has 3 fully saturated rings. The van der Waals surface area contributed by atoms with Crippen LogP contribution in [-0.2, 0) is 4.79 Å². The van der Waals surface area contributed by atoms with E-state index in [1.54, 1.807) is 0 Å². The van der Waals surface area contributed by atoms with Gasteiger partial charge in [0.05, 0.1) is 5.69 Å². The number of aliphatic imine (C=N–C) groups is 1. The van der Waals surface area contributed by atoms with Crippen molar-refractivity contribution in [1.29, 1.82) is 0 Å². The molecule has 1 aliphatic carbocycles. The maximum Gasteiger partial charge on any atom is 0.321 e. The van der Waals surface area contributed by atoms with Crippen LogP contribution in [0.3, 0.4) is 0 Å². The van der Waals surface area contributed by atoms with Crippen LogP contribution in [0.4, 0.5) is 14.5 Å². The number of likely N-dealkylation sites (tertiary alicyclic amines) is 2. The second-order valence-electron chi connectivity index (χ2n) is 12.9. The van der Waals surface area contributed by atoms with E-state index in [1.165, 1.54) is 24.1 Å². The maximum atomic E-state index is 13.8. The van der Waals surface area contributed by atoms with E-state index >= 15 is 0 Å². The summed E-state index contributed by atoms with van der Waals surface area (Å²) in [6.07, 6.45) is 11.7. The van der Waals surface area contributed by atoms with E-state index in [-0.39, 0.29) is 17.9 Å². The zero-order chi connectivity index (χ0) is 28.3. The van der Waals surface area contributed by atoms with Crippen LogP contribution in [0.5, 0.6) is 0 Å². The number of piperidine rings is 1. The van der Waals surface area contributed by atoms with Crippen molar-refractivity contribution in [3.8, 4) is 0 Å². The van der Waals surface area contributed by atoms with Gasteiger partial charge in [0.2, 0.25) is 0 Å². The fraction of sp³-hybridized carbons (Fsp3) is 0.588. The van der Waals surface area contributed by atoms with Crippen molar-refractivity contribution in [2.75, 3.05) is 32.7 Å². The number of nitrogens with zero attached hydrogens (tertiary/aromatic N) is 3. The van der Waals surface area contributed by atoms with Gasteiger partial charge in [-0.2, -0.15) is 0 Å². The quantitative estimate of drug-likeness (QED) is 0.357. The van der Waals surface area contributed by atoms with Crippen LogP contribution < -0.4 is 0 Å². The summed E-state index contributed by atoms with van der Waals surface area (Å²) < 4.78 is 27.4. The highest BCUT2D eigenvalue weighted by atomic mass is 19.2. The summed E-state index contributed by atoms with van der Waals surface area (Å²) >= 11 is 0. The van der Waals surface area contributed by atoms with Gasteiger partial charge in [-0.25, -0.2) is 8.78 Å². The average Bonchev–Trinajstić information content (AvgIpc) is 3.57. The smallest absolute Gasteiger partial charge is 0.321 e. The fourth-order valence-corrected chi connectivity index (χ4v) is 8.15. The highest BCUT2D eigenvalue weighted by Gasteiger charge is 2.43. The normalized spacial score (nSPS) is 26.8. The van der Waals surface area contributed by atoms with Gasteiger partial charge >= 0.3 is 5.97 Å². The number of hydrogen-bond donors (Lipinski definition) is 1. The maximum absolute atomic E-state index is 13.8. The second kappa shape index (κ2) is 12.7. The molecule has 5 nitrogen and oxygen atoms in total. The zero-order valence-electron chi connectivity index (χ0n) is 23.9. The van der Waals surface area contributed by atoms with Gasteiger partial charge in [-0.1, -0.05) is 49.6 Å². The molecule has 0 spiro atoms. The largest absolute Gasteiger partial charge is 0.480 e. The third-order valence-electron chi connectivity index (χ3n) is 10.4.